The lowest BCUT2D eigenvalue weighted by atomic mass is 10.2. The van der Waals surface area contributed by atoms with Gasteiger partial charge in [-0.1, -0.05) is 18.2 Å². The summed E-state index contributed by atoms with van der Waals surface area (Å²) < 4.78 is 6.23. The Bertz CT molecular complexity index is 781. The number of hydrogen-bond donors (Lipinski definition) is 1. The molecule has 0 aliphatic carbocycles. The summed E-state index contributed by atoms with van der Waals surface area (Å²) in [4.78, 5) is 12.3. The lowest BCUT2D eigenvalue weighted by molar-refractivity contribution is -0.122. The topological polar surface area (TPSA) is 62.1 Å². The van der Waals surface area contributed by atoms with Crippen molar-refractivity contribution >= 4 is 35.1 Å². The Morgan fingerprint density at radius 2 is 1.96 bits per heavy atom. The lowest BCUT2D eigenvalue weighted by Crippen LogP contribution is -2.30. The molecule has 0 radical (unpaired) electrons. The molecule has 6 heteroatoms. The predicted molar refractivity (Wildman–Crippen MR) is 104 cm³/mol. The highest BCUT2D eigenvalue weighted by molar-refractivity contribution is 8.19. The molecule has 1 saturated heterocycles. The Kier molecular flexibility index (Phi) is 5.90. The number of nitrogens with zero attached hydrogens (tertiary/aromatic N) is 1. The quantitative estimate of drug-likeness (QED) is 0.843. The molecule has 0 aromatic heterocycles. The number of carbonyl (C=O) groups is 1. The van der Waals surface area contributed by atoms with Crippen molar-refractivity contribution < 1.29 is 9.53 Å². The van der Waals surface area contributed by atoms with E-state index < -0.39 is 6.10 Å². The third kappa shape index (κ3) is 4.71. The molecule has 2 aromatic rings. The summed E-state index contributed by atoms with van der Waals surface area (Å²) in [5.41, 5.74) is 2.38. The third-order valence-corrected chi connectivity index (χ3v) is 6.82. The van der Waals surface area contributed by atoms with Crippen LogP contribution in [0.2, 0.25) is 0 Å². The van der Waals surface area contributed by atoms with E-state index in [4.69, 9.17) is 10.00 Å². The number of hydrogen-bond acceptors (Lipinski definition) is 5. The van der Waals surface area contributed by atoms with Gasteiger partial charge in [0.1, 0.15) is 5.75 Å². The number of anilines is 1. The molecule has 0 bridgehead atoms. The molecule has 4 nitrogen and oxygen atoms in total. The summed E-state index contributed by atoms with van der Waals surface area (Å²) in [7, 11) is 0. The van der Waals surface area contributed by atoms with Gasteiger partial charge in [-0.25, -0.2) is 0 Å². The fourth-order valence-corrected chi connectivity index (χ4v) is 5.28. The number of nitriles is 1. The summed E-state index contributed by atoms with van der Waals surface area (Å²) in [5, 5.41) is 11.7. The average Bonchev–Trinajstić information content (AvgIpc) is 3.17. The molecular weight excluding hydrogens is 352 g/mol. The highest BCUT2D eigenvalue weighted by Gasteiger charge is 2.19. The van der Waals surface area contributed by atoms with Crippen LogP contribution in [0.25, 0.3) is 0 Å². The van der Waals surface area contributed by atoms with Gasteiger partial charge >= 0.3 is 0 Å². The highest BCUT2D eigenvalue weighted by Crippen LogP contribution is 2.45. The minimum Gasteiger partial charge on any atom is -0.481 e. The molecule has 2 aromatic carbocycles. The van der Waals surface area contributed by atoms with E-state index in [0.717, 1.165) is 0 Å². The van der Waals surface area contributed by atoms with Gasteiger partial charge < -0.3 is 10.1 Å². The summed E-state index contributed by atoms with van der Waals surface area (Å²) in [5.74, 6) is 2.81. The average molecular weight is 370 g/mol. The second-order valence-corrected chi connectivity index (χ2v) is 8.31. The van der Waals surface area contributed by atoms with Crippen LogP contribution in [-0.2, 0) is 4.79 Å². The zero-order valence-electron chi connectivity index (χ0n) is 13.8. The van der Waals surface area contributed by atoms with E-state index in [9.17, 15) is 4.79 Å². The van der Waals surface area contributed by atoms with Crippen LogP contribution in [0.5, 0.6) is 5.75 Å². The maximum absolute atomic E-state index is 12.3. The molecule has 1 heterocycles. The Hall–Kier alpha value is -2.10. The summed E-state index contributed by atoms with van der Waals surface area (Å²) >= 11 is 3.92. The number of nitrogens with one attached hydrogen (secondary N) is 1. The highest BCUT2D eigenvalue weighted by atomic mass is 32.2. The first kappa shape index (κ1) is 17.7. The van der Waals surface area contributed by atoms with Crippen LogP contribution < -0.4 is 10.1 Å². The van der Waals surface area contributed by atoms with Crippen molar-refractivity contribution in [3.05, 3.63) is 59.7 Å². The van der Waals surface area contributed by atoms with E-state index in [1.165, 1.54) is 17.1 Å². The lowest BCUT2D eigenvalue weighted by Gasteiger charge is -2.16. The van der Waals surface area contributed by atoms with E-state index in [-0.39, 0.29) is 5.91 Å². The van der Waals surface area contributed by atoms with Crippen LogP contribution >= 0.6 is 23.5 Å². The number of carbonyl (C=O) groups excluding carboxylic acids is 1. The van der Waals surface area contributed by atoms with E-state index in [1.54, 1.807) is 31.2 Å². The van der Waals surface area contributed by atoms with Gasteiger partial charge in [0.2, 0.25) is 0 Å². The normalized spacial score (nSPS) is 15.4. The first-order chi connectivity index (χ1) is 12.2. The molecule has 0 spiro atoms. The third-order valence-electron chi connectivity index (χ3n) is 3.72. The van der Waals surface area contributed by atoms with Gasteiger partial charge in [-0.15, -0.1) is 23.5 Å². The fourth-order valence-electron chi connectivity index (χ4n) is 2.42. The van der Waals surface area contributed by atoms with Crippen LogP contribution in [0, 0.1) is 11.3 Å². The van der Waals surface area contributed by atoms with Gasteiger partial charge in [0.25, 0.3) is 5.91 Å². The number of benzene rings is 2. The predicted octanol–water partition coefficient (Wildman–Crippen LogP) is 4.44. The van der Waals surface area contributed by atoms with Gasteiger partial charge in [0.15, 0.2) is 6.10 Å². The molecule has 1 fully saturated rings. The van der Waals surface area contributed by atoms with Gasteiger partial charge in [0, 0.05) is 17.2 Å². The van der Waals surface area contributed by atoms with Gasteiger partial charge in [-0.3, -0.25) is 4.79 Å². The molecule has 25 heavy (non-hydrogen) atoms. The fraction of sp³-hybridized carbons (Fsp3) is 0.263. The molecule has 128 valence electrons. The number of thioether (sulfide) groups is 2. The molecule has 0 saturated carbocycles. The zero-order valence-corrected chi connectivity index (χ0v) is 15.4. The van der Waals surface area contributed by atoms with Crippen molar-refractivity contribution in [1.82, 2.24) is 0 Å². The summed E-state index contributed by atoms with van der Waals surface area (Å²) in [6.45, 7) is 1.71. The summed E-state index contributed by atoms with van der Waals surface area (Å²) in [6, 6.07) is 16.8. The molecule has 1 aliphatic rings. The number of ether oxygens (including phenoxy) is 1. The summed E-state index contributed by atoms with van der Waals surface area (Å²) in [6.07, 6.45) is -0.633. The SMILES string of the molecule is C[C@H](Oc1ccc(C2SCCS2)cc1)C(=O)Nc1cccc(C#N)c1. The van der Waals surface area contributed by atoms with E-state index in [1.807, 2.05) is 35.7 Å². The van der Waals surface area contributed by atoms with Crippen molar-refractivity contribution in [2.45, 2.75) is 17.6 Å². The molecule has 1 N–H and O–H groups in total. The van der Waals surface area contributed by atoms with E-state index in [0.29, 0.717) is 21.6 Å². The van der Waals surface area contributed by atoms with E-state index in [2.05, 4.69) is 23.5 Å². The van der Waals surface area contributed by atoms with Crippen LogP contribution in [0.15, 0.2) is 48.5 Å². The maximum Gasteiger partial charge on any atom is 0.265 e. The Balaban J connectivity index is 1.58. The standard InChI is InChI=1S/C19H18N2O2S2/c1-13(18(22)21-16-4-2-3-14(11-16)12-20)23-17-7-5-15(6-8-17)19-24-9-10-25-19/h2-8,11,13,19H,9-10H2,1H3,(H,21,22)/t13-/m0/s1. The molecule has 3 rings (SSSR count). The van der Waals surface area contributed by atoms with Crippen molar-refractivity contribution in [3.63, 3.8) is 0 Å². The first-order valence-corrected chi connectivity index (χ1v) is 10.1. The maximum atomic E-state index is 12.3. The van der Waals surface area contributed by atoms with Gasteiger partial charge in [-0.2, -0.15) is 5.26 Å². The van der Waals surface area contributed by atoms with Crippen molar-refractivity contribution in [1.29, 1.82) is 5.26 Å². The smallest absolute Gasteiger partial charge is 0.265 e. The van der Waals surface area contributed by atoms with Crippen molar-refractivity contribution in [2.24, 2.45) is 0 Å². The molecular formula is C19H18N2O2S2. The second-order valence-electron chi connectivity index (χ2n) is 5.58. The van der Waals surface area contributed by atoms with E-state index >= 15 is 0 Å². The minimum absolute atomic E-state index is 0.249. The minimum atomic E-state index is -0.633. The zero-order chi connectivity index (χ0) is 17.6. The Morgan fingerprint density at radius 3 is 2.64 bits per heavy atom. The first-order valence-electron chi connectivity index (χ1n) is 7.96. The molecule has 1 atom stereocenters. The van der Waals surface area contributed by atoms with Crippen LogP contribution in [-0.4, -0.2) is 23.5 Å². The van der Waals surface area contributed by atoms with Crippen molar-refractivity contribution in [3.8, 4) is 11.8 Å². The van der Waals surface area contributed by atoms with Crippen LogP contribution in [0.1, 0.15) is 22.6 Å². The molecule has 1 aliphatic heterocycles. The van der Waals surface area contributed by atoms with Crippen LogP contribution in [0.3, 0.4) is 0 Å². The van der Waals surface area contributed by atoms with Gasteiger partial charge in [0.05, 0.1) is 16.2 Å². The number of rotatable bonds is 5. The second kappa shape index (κ2) is 8.32. The largest absolute Gasteiger partial charge is 0.481 e. The number of amides is 1. The molecule has 1 amide bonds. The molecule has 0 unspecified atom stereocenters. The Labute approximate surface area is 156 Å². The van der Waals surface area contributed by atoms with Gasteiger partial charge in [-0.05, 0) is 42.8 Å². The van der Waals surface area contributed by atoms with Crippen LogP contribution in [0.4, 0.5) is 5.69 Å². The van der Waals surface area contributed by atoms with Crippen molar-refractivity contribution in [2.75, 3.05) is 16.8 Å². The monoisotopic (exact) mass is 370 g/mol. The Morgan fingerprint density at radius 1 is 1.24 bits per heavy atom.